The monoisotopic (exact) mass is 253 g/mol. The second-order valence-corrected chi connectivity index (χ2v) is 6.09. The number of hydrogen-bond donors (Lipinski definition) is 2. The summed E-state index contributed by atoms with van der Waals surface area (Å²) in [5.74, 6) is -0.0352. The van der Waals surface area contributed by atoms with Gasteiger partial charge in [-0.15, -0.1) is 11.3 Å². The van der Waals surface area contributed by atoms with Crippen molar-refractivity contribution in [3.8, 4) is 0 Å². The van der Waals surface area contributed by atoms with Gasteiger partial charge in [0.25, 0.3) is 5.91 Å². The zero-order valence-corrected chi connectivity index (χ0v) is 11.2. The van der Waals surface area contributed by atoms with Gasteiger partial charge in [-0.1, -0.05) is 13.3 Å². The van der Waals surface area contributed by atoms with E-state index >= 15 is 0 Å². The lowest BCUT2D eigenvalue weighted by Gasteiger charge is -2.12. The molecule has 3 nitrogen and oxygen atoms in total. The molecule has 1 fully saturated rings. The highest BCUT2D eigenvalue weighted by Crippen LogP contribution is 2.35. The highest BCUT2D eigenvalue weighted by Gasteiger charge is 2.43. The Bertz CT molecular complexity index is 421. The Balaban J connectivity index is 2.06. The maximum atomic E-state index is 12.0. The number of nitrogens with one attached hydrogen (secondary N) is 1. The fourth-order valence-corrected chi connectivity index (χ4v) is 2.89. The largest absolute Gasteiger partial charge is 0.394 e. The first kappa shape index (κ1) is 12.6. The third-order valence-electron chi connectivity index (χ3n) is 3.30. The van der Waals surface area contributed by atoms with Crippen molar-refractivity contribution in [2.24, 2.45) is 0 Å². The van der Waals surface area contributed by atoms with Gasteiger partial charge in [0.1, 0.15) is 0 Å². The zero-order valence-electron chi connectivity index (χ0n) is 10.4. The van der Waals surface area contributed by atoms with Crippen LogP contribution < -0.4 is 5.32 Å². The van der Waals surface area contributed by atoms with Crippen LogP contribution in [0.4, 0.5) is 0 Å². The maximum Gasteiger partial charge on any atom is 0.261 e. The van der Waals surface area contributed by atoms with Crippen LogP contribution in [0.3, 0.4) is 0 Å². The third kappa shape index (κ3) is 2.69. The van der Waals surface area contributed by atoms with Gasteiger partial charge in [-0.25, -0.2) is 0 Å². The Kier molecular flexibility index (Phi) is 3.54. The Morgan fingerprint density at radius 1 is 1.59 bits per heavy atom. The Hall–Kier alpha value is -0.870. The molecule has 0 spiro atoms. The lowest BCUT2D eigenvalue weighted by Crippen LogP contribution is -2.39. The predicted octanol–water partition coefficient (Wildman–Crippen LogP) is 2.26. The summed E-state index contributed by atoms with van der Waals surface area (Å²) in [5.41, 5.74) is 0.955. The summed E-state index contributed by atoms with van der Waals surface area (Å²) in [4.78, 5) is 14.0. The summed E-state index contributed by atoms with van der Waals surface area (Å²) in [6, 6.07) is 1.99. The number of aliphatic hydroxyl groups excluding tert-OH is 1. The summed E-state index contributed by atoms with van der Waals surface area (Å²) in [6.45, 7) is 4.25. The third-order valence-corrected chi connectivity index (χ3v) is 4.39. The Morgan fingerprint density at radius 3 is 2.82 bits per heavy atom. The van der Waals surface area contributed by atoms with Crippen molar-refractivity contribution in [2.45, 2.75) is 45.1 Å². The highest BCUT2D eigenvalue weighted by atomic mass is 32.1. The number of rotatable bonds is 5. The summed E-state index contributed by atoms with van der Waals surface area (Å²) < 4.78 is 0. The van der Waals surface area contributed by atoms with Gasteiger partial charge in [-0.2, -0.15) is 0 Å². The van der Waals surface area contributed by atoms with Gasteiger partial charge < -0.3 is 10.4 Å². The minimum atomic E-state index is -0.320. The minimum Gasteiger partial charge on any atom is -0.394 e. The van der Waals surface area contributed by atoms with Crippen molar-refractivity contribution in [2.75, 3.05) is 6.61 Å². The van der Waals surface area contributed by atoms with E-state index in [0.717, 1.165) is 30.6 Å². The standard InChI is InChI=1S/C13H19NO2S/c1-3-4-10-7-11(17-9(10)2)12(16)14-13(8-15)5-6-13/h7,15H,3-6,8H2,1-2H3,(H,14,16). The van der Waals surface area contributed by atoms with Gasteiger partial charge >= 0.3 is 0 Å². The van der Waals surface area contributed by atoms with E-state index < -0.39 is 0 Å². The van der Waals surface area contributed by atoms with E-state index in [2.05, 4.69) is 19.2 Å². The van der Waals surface area contributed by atoms with Gasteiger partial charge in [0.15, 0.2) is 0 Å². The van der Waals surface area contributed by atoms with Crippen LogP contribution in [0.2, 0.25) is 0 Å². The van der Waals surface area contributed by atoms with Crippen LogP contribution in [-0.2, 0) is 6.42 Å². The van der Waals surface area contributed by atoms with E-state index in [-0.39, 0.29) is 18.1 Å². The lowest BCUT2D eigenvalue weighted by molar-refractivity contribution is 0.0911. The van der Waals surface area contributed by atoms with Gasteiger partial charge in [0.05, 0.1) is 17.0 Å². The molecule has 1 aromatic rings. The molecule has 2 N–H and O–H groups in total. The molecule has 0 bridgehead atoms. The molecule has 0 atom stereocenters. The number of carbonyl (C=O) groups is 1. The maximum absolute atomic E-state index is 12.0. The fourth-order valence-electron chi connectivity index (χ4n) is 1.93. The average molecular weight is 253 g/mol. The normalized spacial score (nSPS) is 16.9. The van der Waals surface area contributed by atoms with Crippen molar-refractivity contribution in [1.82, 2.24) is 5.32 Å². The van der Waals surface area contributed by atoms with Crippen molar-refractivity contribution < 1.29 is 9.90 Å². The molecule has 1 aliphatic carbocycles. The second kappa shape index (κ2) is 4.78. The quantitative estimate of drug-likeness (QED) is 0.845. The van der Waals surface area contributed by atoms with Gasteiger partial charge in [-0.05, 0) is 37.8 Å². The molecule has 4 heteroatoms. The average Bonchev–Trinajstić information content (AvgIpc) is 2.98. The fraction of sp³-hybridized carbons (Fsp3) is 0.615. The number of amides is 1. The number of carbonyl (C=O) groups excluding carboxylic acids is 1. The van der Waals surface area contributed by atoms with Crippen LogP contribution in [0.25, 0.3) is 0 Å². The molecule has 1 saturated carbocycles. The lowest BCUT2D eigenvalue weighted by atomic mass is 10.1. The van der Waals surface area contributed by atoms with E-state index in [9.17, 15) is 9.90 Å². The summed E-state index contributed by atoms with van der Waals surface area (Å²) in [7, 11) is 0. The molecule has 17 heavy (non-hydrogen) atoms. The first-order chi connectivity index (χ1) is 8.10. The van der Waals surface area contributed by atoms with Crippen LogP contribution >= 0.6 is 11.3 Å². The number of hydrogen-bond acceptors (Lipinski definition) is 3. The van der Waals surface area contributed by atoms with Crippen LogP contribution in [0.5, 0.6) is 0 Å². The van der Waals surface area contributed by atoms with E-state index in [1.807, 2.05) is 6.07 Å². The van der Waals surface area contributed by atoms with Gasteiger partial charge in [-0.3, -0.25) is 4.79 Å². The zero-order chi connectivity index (χ0) is 12.5. The first-order valence-corrected chi connectivity index (χ1v) is 6.94. The second-order valence-electron chi connectivity index (χ2n) is 4.83. The summed E-state index contributed by atoms with van der Waals surface area (Å²) in [6.07, 6.45) is 3.91. The van der Waals surface area contributed by atoms with E-state index in [1.165, 1.54) is 10.4 Å². The van der Waals surface area contributed by atoms with Crippen LogP contribution in [0.1, 0.15) is 46.3 Å². The summed E-state index contributed by atoms with van der Waals surface area (Å²) >= 11 is 1.55. The molecule has 0 aliphatic heterocycles. The van der Waals surface area contributed by atoms with Crippen LogP contribution in [0.15, 0.2) is 6.07 Å². The first-order valence-electron chi connectivity index (χ1n) is 6.13. The Labute approximate surface area is 106 Å². The topological polar surface area (TPSA) is 49.3 Å². The molecule has 0 aromatic carbocycles. The number of thiophene rings is 1. The highest BCUT2D eigenvalue weighted by molar-refractivity contribution is 7.14. The van der Waals surface area contributed by atoms with E-state index in [1.54, 1.807) is 11.3 Å². The SMILES string of the molecule is CCCc1cc(C(=O)NC2(CO)CC2)sc1C. The van der Waals surface area contributed by atoms with Crippen molar-refractivity contribution in [3.63, 3.8) is 0 Å². The molecule has 2 rings (SSSR count). The molecule has 0 unspecified atom stereocenters. The molecule has 1 aromatic heterocycles. The van der Waals surface area contributed by atoms with E-state index in [0.29, 0.717) is 0 Å². The van der Waals surface area contributed by atoms with Crippen molar-refractivity contribution >= 4 is 17.2 Å². The number of aliphatic hydroxyl groups is 1. The predicted molar refractivity (Wildman–Crippen MR) is 69.6 cm³/mol. The molecule has 1 aliphatic rings. The van der Waals surface area contributed by atoms with Gasteiger partial charge in [0, 0.05) is 4.88 Å². The summed E-state index contributed by atoms with van der Waals surface area (Å²) in [5, 5.41) is 12.1. The molecule has 1 heterocycles. The van der Waals surface area contributed by atoms with Crippen LogP contribution in [-0.4, -0.2) is 23.2 Å². The molecular formula is C13H19NO2S. The molecule has 0 saturated heterocycles. The smallest absolute Gasteiger partial charge is 0.261 e. The van der Waals surface area contributed by atoms with Gasteiger partial charge in [0.2, 0.25) is 0 Å². The van der Waals surface area contributed by atoms with E-state index in [4.69, 9.17) is 0 Å². The number of aryl methyl sites for hydroxylation is 2. The Morgan fingerprint density at radius 2 is 2.29 bits per heavy atom. The van der Waals surface area contributed by atoms with Crippen LogP contribution in [0, 0.1) is 6.92 Å². The minimum absolute atomic E-state index is 0.0352. The molecular weight excluding hydrogens is 234 g/mol. The molecule has 1 amide bonds. The van der Waals surface area contributed by atoms with Crippen molar-refractivity contribution in [1.29, 1.82) is 0 Å². The molecule has 94 valence electrons. The molecule has 0 radical (unpaired) electrons. The van der Waals surface area contributed by atoms with Crippen molar-refractivity contribution in [3.05, 3.63) is 21.4 Å².